The number of phenolic OH excluding ortho intramolecular Hbond substituents is 1. The smallest absolute Gasteiger partial charge is 0.408 e. The number of rotatable bonds is 15. The molecule has 0 unspecified atom stereocenters. The number of amides is 2. The quantitative estimate of drug-likeness (QED) is 0.157. The SMILES string of the molecule is CC(C)C[C@H](OCc1ccc(O)cc1)C(=O)N[C@@H](CSSC[C@H](NC(=O)OC(C)(C)C)C(=O)O)C(=O)O. The first-order chi connectivity index (χ1) is 17.2. The Hall–Kier alpha value is -2.64. The summed E-state index contributed by atoms with van der Waals surface area (Å²) in [6, 6.07) is 3.85. The molecule has 1 rings (SSSR count). The third-order valence-electron chi connectivity index (χ3n) is 4.52. The van der Waals surface area contributed by atoms with Crippen LogP contribution in [0.3, 0.4) is 0 Å². The molecule has 0 spiro atoms. The van der Waals surface area contributed by atoms with Crippen LogP contribution in [-0.2, 0) is 30.5 Å². The predicted octanol–water partition coefficient (Wildman–Crippen LogP) is 3.25. The highest BCUT2D eigenvalue weighted by Crippen LogP contribution is 2.24. The molecule has 208 valence electrons. The summed E-state index contributed by atoms with van der Waals surface area (Å²) in [6.45, 7) is 8.88. The summed E-state index contributed by atoms with van der Waals surface area (Å²) < 4.78 is 10.8. The van der Waals surface area contributed by atoms with Gasteiger partial charge in [-0.05, 0) is 50.8 Å². The molecule has 0 saturated heterocycles. The molecular weight excluding hydrogens is 524 g/mol. The van der Waals surface area contributed by atoms with Gasteiger partial charge in [-0.1, -0.05) is 47.6 Å². The van der Waals surface area contributed by atoms with Crippen LogP contribution in [0.15, 0.2) is 24.3 Å². The molecule has 0 fully saturated rings. The van der Waals surface area contributed by atoms with Gasteiger partial charge in [0.2, 0.25) is 5.91 Å². The summed E-state index contributed by atoms with van der Waals surface area (Å²) >= 11 is 0. The highest BCUT2D eigenvalue weighted by atomic mass is 33.1. The van der Waals surface area contributed by atoms with Crippen LogP contribution >= 0.6 is 21.6 Å². The third-order valence-corrected chi connectivity index (χ3v) is 6.94. The number of alkyl carbamates (subject to hydrolysis) is 1. The standard InChI is InChI=1S/C24H36N2O9S2/c1-14(2)10-19(34-11-15-6-8-16(27)9-7-15)20(28)25-17(21(29)30)12-36-37-13-18(22(31)32)26-23(33)35-24(3,4)5/h6-9,14,17-19,27H,10-13H2,1-5H3,(H,25,28)(H,26,33)(H,29,30)(H,31,32)/t17-,18-,19-/m0/s1. The number of aliphatic carboxylic acids is 2. The molecule has 2 amide bonds. The van der Waals surface area contributed by atoms with Crippen molar-refractivity contribution in [3.8, 4) is 5.75 Å². The van der Waals surface area contributed by atoms with Gasteiger partial charge in [-0.3, -0.25) is 4.79 Å². The number of nitrogens with one attached hydrogen (secondary N) is 2. The van der Waals surface area contributed by atoms with Gasteiger partial charge in [0.15, 0.2) is 0 Å². The van der Waals surface area contributed by atoms with Crippen LogP contribution in [0.25, 0.3) is 0 Å². The Labute approximate surface area is 224 Å². The maximum Gasteiger partial charge on any atom is 0.408 e. The third kappa shape index (κ3) is 14.0. The van der Waals surface area contributed by atoms with Crippen molar-refractivity contribution in [3.05, 3.63) is 29.8 Å². The summed E-state index contributed by atoms with van der Waals surface area (Å²) in [5, 5.41) is 33.1. The highest BCUT2D eigenvalue weighted by Gasteiger charge is 2.28. The molecular formula is C24H36N2O9S2. The molecule has 0 aliphatic carbocycles. The van der Waals surface area contributed by atoms with Crippen molar-refractivity contribution >= 4 is 45.5 Å². The first-order valence-electron chi connectivity index (χ1n) is 11.6. The molecule has 0 aliphatic heterocycles. The Kier molecular flexibility index (Phi) is 13.6. The summed E-state index contributed by atoms with van der Waals surface area (Å²) in [4.78, 5) is 47.9. The van der Waals surface area contributed by atoms with Gasteiger partial charge >= 0.3 is 18.0 Å². The molecule has 0 heterocycles. The van der Waals surface area contributed by atoms with E-state index in [4.69, 9.17) is 9.47 Å². The van der Waals surface area contributed by atoms with Crippen molar-refractivity contribution in [1.82, 2.24) is 10.6 Å². The lowest BCUT2D eigenvalue weighted by atomic mass is 10.0. The van der Waals surface area contributed by atoms with E-state index < -0.39 is 47.7 Å². The fourth-order valence-corrected chi connectivity index (χ4v) is 5.07. The number of ether oxygens (including phenoxy) is 2. The minimum atomic E-state index is -1.26. The monoisotopic (exact) mass is 560 g/mol. The van der Waals surface area contributed by atoms with Gasteiger partial charge in [0.25, 0.3) is 0 Å². The summed E-state index contributed by atoms with van der Waals surface area (Å²) in [5.74, 6) is -2.96. The van der Waals surface area contributed by atoms with Gasteiger partial charge in [-0.25, -0.2) is 14.4 Å². The van der Waals surface area contributed by atoms with Gasteiger partial charge in [-0.2, -0.15) is 0 Å². The largest absolute Gasteiger partial charge is 0.508 e. The normalized spacial score (nSPS) is 13.9. The van der Waals surface area contributed by atoms with E-state index in [0.29, 0.717) is 6.42 Å². The Morgan fingerprint density at radius 3 is 1.89 bits per heavy atom. The molecule has 0 aliphatic rings. The van der Waals surface area contributed by atoms with Gasteiger partial charge < -0.3 is 35.4 Å². The number of hydrogen-bond donors (Lipinski definition) is 5. The van der Waals surface area contributed by atoms with Crippen molar-refractivity contribution in [2.24, 2.45) is 5.92 Å². The second-order valence-corrected chi connectivity index (χ2v) is 12.2. The Balaban J connectivity index is 2.64. The zero-order chi connectivity index (χ0) is 28.2. The average molecular weight is 561 g/mol. The molecule has 11 nitrogen and oxygen atoms in total. The minimum absolute atomic E-state index is 0.0448. The van der Waals surface area contributed by atoms with Crippen LogP contribution in [0.5, 0.6) is 5.75 Å². The maximum absolute atomic E-state index is 12.8. The van der Waals surface area contributed by atoms with Crippen LogP contribution in [0.4, 0.5) is 4.79 Å². The molecule has 0 aromatic heterocycles. The topological polar surface area (TPSA) is 171 Å². The number of carboxylic acid groups (broad SMARTS) is 2. The van der Waals surface area contributed by atoms with Crippen LogP contribution in [-0.4, -0.2) is 74.6 Å². The van der Waals surface area contributed by atoms with Crippen molar-refractivity contribution < 1.29 is 44.0 Å². The second-order valence-electron chi connectivity index (χ2n) is 9.60. The fraction of sp³-hybridized carbons (Fsp3) is 0.583. The Morgan fingerprint density at radius 1 is 0.919 bits per heavy atom. The summed E-state index contributed by atoms with van der Waals surface area (Å²) in [5.41, 5.74) is -0.0440. The van der Waals surface area contributed by atoms with Crippen molar-refractivity contribution in [1.29, 1.82) is 0 Å². The number of benzene rings is 1. The van der Waals surface area contributed by atoms with Crippen molar-refractivity contribution in [2.75, 3.05) is 11.5 Å². The van der Waals surface area contributed by atoms with Crippen LogP contribution < -0.4 is 10.6 Å². The van der Waals surface area contributed by atoms with Gasteiger partial charge in [0.1, 0.15) is 29.5 Å². The van der Waals surface area contributed by atoms with Gasteiger partial charge in [0, 0.05) is 11.5 Å². The van der Waals surface area contributed by atoms with Gasteiger partial charge in [0.05, 0.1) is 6.61 Å². The van der Waals surface area contributed by atoms with E-state index in [0.717, 1.165) is 27.2 Å². The lowest BCUT2D eigenvalue weighted by Gasteiger charge is -2.22. The number of phenols is 1. The Bertz CT molecular complexity index is 904. The number of carbonyl (C=O) groups excluding carboxylic acids is 2. The highest BCUT2D eigenvalue weighted by molar-refractivity contribution is 8.76. The minimum Gasteiger partial charge on any atom is -0.508 e. The molecule has 5 N–H and O–H groups in total. The molecule has 0 bridgehead atoms. The zero-order valence-corrected chi connectivity index (χ0v) is 23.2. The van der Waals surface area contributed by atoms with Crippen molar-refractivity contribution in [2.45, 2.75) is 71.4 Å². The summed E-state index contributed by atoms with van der Waals surface area (Å²) in [7, 11) is 2.11. The van der Waals surface area contributed by atoms with E-state index in [9.17, 15) is 34.5 Å². The first-order valence-corrected chi connectivity index (χ1v) is 14.1. The molecule has 13 heteroatoms. The van der Waals surface area contributed by atoms with E-state index >= 15 is 0 Å². The van der Waals surface area contributed by atoms with E-state index in [-0.39, 0.29) is 29.8 Å². The number of carboxylic acids is 2. The average Bonchev–Trinajstić information content (AvgIpc) is 2.76. The van der Waals surface area contributed by atoms with E-state index in [1.807, 2.05) is 13.8 Å². The second kappa shape index (κ2) is 15.6. The molecule has 0 radical (unpaired) electrons. The van der Waals surface area contributed by atoms with Crippen LogP contribution in [0.2, 0.25) is 0 Å². The lowest BCUT2D eigenvalue weighted by molar-refractivity contribution is -0.144. The molecule has 1 aromatic carbocycles. The van der Waals surface area contributed by atoms with Crippen LogP contribution in [0.1, 0.15) is 46.6 Å². The summed E-state index contributed by atoms with van der Waals surface area (Å²) in [6.07, 6.45) is -1.39. The number of hydrogen-bond acceptors (Lipinski definition) is 9. The lowest BCUT2D eigenvalue weighted by Crippen LogP contribution is -2.48. The maximum atomic E-state index is 12.8. The van der Waals surface area contributed by atoms with Crippen LogP contribution in [0, 0.1) is 5.92 Å². The number of aromatic hydroxyl groups is 1. The molecule has 3 atom stereocenters. The fourth-order valence-electron chi connectivity index (χ4n) is 2.76. The van der Waals surface area contributed by atoms with Crippen molar-refractivity contribution in [3.63, 3.8) is 0 Å². The molecule has 1 aromatic rings. The van der Waals surface area contributed by atoms with E-state index in [2.05, 4.69) is 10.6 Å². The van der Waals surface area contributed by atoms with E-state index in [1.165, 1.54) is 12.1 Å². The Morgan fingerprint density at radius 2 is 1.43 bits per heavy atom. The molecule has 37 heavy (non-hydrogen) atoms. The zero-order valence-electron chi connectivity index (χ0n) is 21.6. The predicted molar refractivity (Wildman–Crippen MR) is 141 cm³/mol. The van der Waals surface area contributed by atoms with E-state index in [1.54, 1.807) is 32.9 Å². The molecule has 0 saturated carbocycles. The first kappa shape index (κ1) is 32.4. The number of carbonyl (C=O) groups is 4. The van der Waals surface area contributed by atoms with Gasteiger partial charge in [-0.15, -0.1) is 0 Å².